The molecule has 0 saturated carbocycles. The molecule has 3 nitrogen and oxygen atoms in total. The van der Waals surface area contributed by atoms with Crippen LogP contribution in [0.25, 0.3) is 10.4 Å². The number of hydrogen-bond donors (Lipinski definition) is 0. The van der Waals surface area contributed by atoms with Crippen LogP contribution < -0.4 is 0 Å². The number of hydrogen-bond acceptors (Lipinski definition) is 2. The Kier molecular flexibility index (Phi) is 2.60. The Morgan fingerprint density at radius 1 is 1.41 bits per heavy atom. The average Bonchev–Trinajstić information content (AvgIpc) is 2.65. The van der Waals surface area contributed by atoms with Gasteiger partial charge in [0.1, 0.15) is 0 Å². The van der Waals surface area contributed by atoms with Gasteiger partial charge in [-0.05, 0) is 12.5 Å². The number of nitriles is 1. The lowest BCUT2D eigenvalue weighted by Gasteiger charge is -2.00. The van der Waals surface area contributed by atoms with E-state index < -0.39 is 0 Å². The zero-order valence-corrected chi connectivity index (χ0v) is 9.19. The molecule has 0 bridgehead atoms. The predicted octanol–water partition coefficient (Wildman–Crippen LogP) is 2.98. The Hall–Kier alpha value is -2.65. The molecule has 0 aliphatic heterocycles. The number of carbonyl (C=O) groups is 1. The van der Waals surface area contributed by atoms with Gasteiger partial charge < -0.3 is 0 Å². The van der Waals surface area contributed by atoms with Crippen LogP contribution in [-0.2, 0) is 0 Å². The molecule has 0 radical (unpaired) electrons. The highest BCUT2D eigenvalue weighted by Gasteiger charge is 2.30. The van der Waals surface area contributed by atoms with E-state index in [0.29, 0.717) is 22.3 Å². The molecule has 0 fully saturated rings. The molecule has 1 aromatic rings. The smallest absolute Gasteiger partial charge is 0.270 e. The lowest BCUT2D eigenvalue weighted by Crippen LogP contribution is -1.94. The number of ketones is 1. The summed E-state index contributed by atoms with van der Waals surface area (Å²) in [5.41, 5.74) is 2.12. The summed E-state index contributed by atoms with van der Waals surface area (Å²) < 4.78 is 0. The second kappa shape index (κ2) is 4.08. The standard InChI is InChI=1S/C14H8N2O/c1-3-9-13(12(8-15)16-2)10-6-4-5-7-11(10)14(9)17/h3-7H,1H3/b9-3+,13-12+. The first-order valence-corrected chi connectivity index (χ1v) is 5.07. The Balaban J connectivity index is 2.87. The summed E-state index contributed by atoms with van der Waals surface area (Å²) in [6, 6.07) is 8.90. The quantitative estimate of drug-likeness (QED) is 0.383. The van der Waals surface area contributed by atoms with E-state index in [2.05, 4.69) is 4.85 Å². The first-order valence-electron chi connectivity index (χ1n) is 5.07. The predicted molar refractivity (Wildman–Crippen MR) is 63.7 cm³/mol. The summed E-state index contributed by atoms with van der Waals surface area (Å²) in [5.74, 6) is -0.116. The monoisotopic (exact) mass is 220 g/mol. The van der Waals surface area contributed by atoms with Crippen LogP contribution in [0.1, 0.15) is 22.8 Å². The van der Waals surface area contributed by atoms with Crippen molar-refractivity contribution in [3.8, 4) is 6.07 Å². The fourth-order valence-corrected chi connectivity index (χ4v) is 1.97. The molecule has 0 unspecified atom stereocenters. The maximum absolute atomic E-state index is 12.1. The van der Waals surface area contributed by atoms with Crippen LogP contribution in [0.4, 0.5) is 0 Å². The van der Waals surface area contributed by atoms with Crippen molar-refractivity contribution in [2.75, 3.05) is 0 Å². The second-order valence-corrected chi connectivity index (χ2v) is 3.52. The van der Waals surface area contributed by atoms with Crippen molar-refractivity contribution in [3.05, 3.63) is 64.2 Å². The summed E-state index contributed by atoms with van der Waals surface area (Å²) in [7, 11) is 0. The highest BCUT2D eigenvalue weighted by atomic mass is 16.1. The summed E-state index contributed by atoms with van der Waals surface area (Å²) in [5, 5.41) is 8.95. The topological polar surface area (TPSA) is 45.2 Å². The molecule has 0 spiro atoms. The van der Waals surface area contributed by atoms with Crippen molar-refractivity contribution in [2.24, 2.45) is 0 Å². The summed E-state index contributed by atoms with van der Waals surface area (Å²) >= 11 is 0. The Labute approximate surface area is 99.1 Å². The lowest BCUT2D eigenvalue weighted by atomic mass is 10.0. The van der Waals surface area contributed by atoms with E-state index in [-0.39, 0.29) is 11.5 Å². The van der Waals surface area contributed by atoms with Crippen LogP contribution in [-0.4, -0.2) is 5.78 Å². The van der Waals surface area contributed by atoms with Crippen LogP contribution in [0.5, 0.6) is 0 Å². The Morgan fingerprint density at radius 2 is 2.06 bits per heavy atom. The number of fused-ring (bicyclic) bond motifs is 1. The van der Waals surface area contributed by atoms with Crippen LogP contribution in [0.15, 0.2) is 41.6 Å². The third-order valence-electron chi connectivity index (χ3n) is 2.70. The molecule has 1 aromatic carbocycles. The van der Waals surface area contributed by atoms with E-state index in [0.717, 1.165) is 0 Å². The molecular formula is C14H8N2O. The highest BCUT2D eigenvalue weighted by molar-refractivity contribution is 6.27. The minimum absolute atomic E-state index is 0.0311. The maximum Gasteiger partial charge on any atom is 0.270 e. The Morgan fingerprint density at radius 3 is 2.59 bits per heavy atom. The van der Waals surface area contributed by atoms with Crippen LogP contribution in [0.3, 0.4) is 0 Å². The van der Waals surface area contributed by atoms with E-state index >= 15 is 0 Å². The number of carbonyl (C=O) groups excluding carboxylic acids is 1. The van der Waals surface area contributed by atoms with E-state index in [9.17, 15) is 4.79 Å². The highest BCUT2D eigenvalue weighted by Crippen LogP contribution is 2.38. The summed E-state index contributed by atoms with van der Waals surface area (Å²) in [6.45, 7) is 8.74. The third kappa shape index (κ3) is 1.46. The zero-order valence-electron chi connectivity index (χ0n) is 9.19. The van der Waals surface area contributed by atoms with Gasteiger partial charge in [-0.3, -0.25) is 4.79 Å². The third-order valence-corrected chi connectivity index (χ3v) is 2.70. The molecule has 2 rings (SSSR count). The van der Waals surface area contributed by atoms with Gasteiger partial charge in [0, 0.05) is 16.7 Å². The number of nitrogens with zero attached hydrogens (tertiary/aromatic N) is 2. The number of rotatable bonds is 0. The normalized spacial score (nSPS) is 18.5. The van der Waals surface area contributed by atoms with E-state index in [1.54, 1.807) is 37.3 Å². The van der Waals surface area contributed by atoms with Crippen molar-refractivity contribution in [1.29, 1.82) is 5.26 Å². The maximum atomic E-state index is 12.1. The fraction of sp³-hybridized carbons (Fsp3) is 0.0714. The molecule has 17 heavy (non-hydrogen) atoms. The van der Waals surface area contributed by atoms with Gasteiger partial charge in [-0.1, -0.05) is 30.3 Å². The molecule has 80 valence electrons. The van der Waals surface area contributed by atoms with Gasteiger partial charge in [-0.15, -0.1) is 0 Å². The van der Waals surface area contributed by atoms with Gasteiger partial charge >= 0.3 is 0 Å². The van der Waals surface area contributed by atoms with Crippen molar-refractivity contribution in [3.63, 3.8) is 0 Å². The van der Waals surface area contributed by atoms with E-state index in [4.69, 9.17) is 11.8 Å². The molecule has 1 aliphatic rings. The molecule has 0 atom stereocenters. The molecule has 1 aliphatic carbocycles. The van der Waals surface area contributed by atoms with Crippen LogP contribution in [0.2, 0.25) is 0 Å². The van der Waals surface area contributed by atoms with E-state index in [1.165, 1.54) is 0 Å². The molecule has 0 saturated heterocycles. The first kappa shape index (κ1) is 10.9. The molecule has 0 heterocycles. The average molecular weight is 220 g/mol. The number of Topliss-reactive ketones (excluding diaryl/α,β-unsaturated/α-hetero) is 1. The molecule has 0 amide bonds. The van der Waals surface area contributed by atoms with Gasteiger partial charge in [-0.25, -0.2) is 10.1 Å². The van der Waals surface area contributed by atoms with Gasteiger partial charge in [0.25, 0.3) is 5.70 Å². The first-order chi connectivity index (χ1) is 8.24. The van der Waals surface area contributed by atoms with Gasteiger partial charge in [0.05, 0.1) is 12.6 Å². The summed E-state index contributed by atoms with van der Waals surface area (Å²) in [4.78, 5) is 15.3. The second-order valence-electron chi connectivity index (χ2n) is 3.52. The van der Waals surface area contributed by atoms with Crippen molar-refractivity contribution < 1.29 is 4.79 Å². The van der Waals surface area contributed by atoms with Gasteiger partial charge in [0.15, 0.2) is 5.78 Å². The van der Waals surface area contributed by atoms with Crippen molar-refractivity contribution in [1.82, 2.24) is 0 Å². The fourth-order valence-electron chi connectivity index (χ4n) is 1.97. The molecule has 0 aromatic heterocycles. The number of benzene rings is 1. The summed E-state index contributed by atoms with van der Waals surface area (Å²) in [6.07, 6.45) is 1.65. The largest absolute Gasteiger partial charge is 0.289 e. The van der Waals surface area contributed by atoms with Gasteiger partial charge in [0.2, 0.25) is 0 Å². The van der Waals surface area contributed by atoms with Crippen molar-refractivity contribution >= 4 is 11.4 Å². The van der Waals surface area contributed by atoms with Gasteiger partial charge in [-0.2, -0.15) is 0 Å². The van der Waals surface area contributed by atoms with Crippen molar-refractivity contribution in [2.45, 2.75) is 6.92 Å². The van der Waals surface area contributed by atoms with Crippen LogP contribution >= 0.6 is 0 Å². The molecule has 0 N–H and O–H groups in total. The SMILES string of the molecule is [C-]#[N+]/C(C#N)=C1\C(=C/C)C(=O)c2ccccc21. The number of allylic oxidation sites excluding steroid dienone is 4. The van der Waals surface area contributed by atoms with Crippen LogP contribution in [0, 0.1) is 17.9 Å². The minimum atomic E-state index is -0.116. The lowest BCUT2D eigenvalue weighted by molar-refractivity contribution is 0.104. The molecule has 3 heteroatoms. The minimum Gasteiger partial charge on any atom is -0.289 e. The Bertz CT molecular complexity index is 636. The van der Waals surface area contributed by atoms with E-state index in [1.807, 2.05) is 6.07 Å². The zero-order chi connectivity index (χ0) is 12.4. The molecular weight excluding hydrogens is 212 g/mol.